The predicted octanol–water partition coefficient (Wildman–Crippen LogP) is 2.64. The summed E-state index contributed by atoms with van der Waals surface area (Å²) in [4.78, 5) is 19.8. The zero-order chi connectivity index (χ0) is 17.7. The second-order valence-corrected chi connectivity index (χ2v) is 9.14. The lowest BCUT2D eigenvalue weighted by Crippen LogP contribution is -2.34. The molecule has 3 rings (SSSR count). The summed E-state index contributed by atoms with van der Waals surface area (Å²) in [5, 5.41) is 9.89. The molecular formula is C14H14BrN3O4S2. The monoisotopic (exact) mass is 431 g/mol. The molecule has 7 nitrogen and oxygen atoms in total. The summed E-state index contributed by atoms with van der Waals surface area (Å²) in [5.41, 5.74) is -0.280. The molecule has 0 unspecified atom stereocenters. The van der Waals surface area contributed by atoms with E-state index >= 15 is 0 Å². The lowest BCUT2D eigenvalue weighted by molar-refractivity contribution is 0.0691. The maximum absolute atomic E-state index is 12.6. The summed E-state index contributed by atoms with van der Waals surface area (Å²) >= 11 is 4.51. The number of aromatic carboxylic acids is 1. The first-order valence-electron chi connectivity index (χ1n) is 6.98. The van der Waals surface area contributed by atoms with Crippen LogP contribution < -0.4 is 4.72 Å². The van der Waals surface area contributed by atoms with Crippen molar-refractivity contribution < 1.29 is 18.3 Å². The molecule has 2 N–H and O–H groups in total. The topological polar surface area (TPSA) is 109 Å². The van der Waals surface area contributed by atoms with E-state index in [9.17, 15) is 18.3 Å². The maximum atomic E-state index is 12.6. The average Bonchev–Trinajstić information content (AvgIpc) is 3.22. The first-order valence-corrected chi connectivity index (χ1v) is 10.5. The zero-order valence-corrected chi connectivity index (χ0v) is 16.0. The lowest BCUT2D eigenvalue weighted by Gasteiger charge is -2.14. The predicted molar refractivity (Wildman–Crippen MR) is 93.9 cm³/mol. The third-order valence-corrected chi connectivity index (χ3v) is 6.55. The second kappa shape index (κ2) is 5.94. The molecular weight excluding hydrogens is 418 g/mol. The van der Waals surface area contributed by atoms with Gasteiger partial charge in [0.05, 0.1) is 10.4 Å². The van der Waals surface area contributed by atoms with E-state index in [0.29, 0.717) is 15.1 Å². The fraction of sp³-hybridized carbons (Fsp3) is 0.357. The van der Waals surface area contributed by atoms with Gasteiger partial charge in [-0.3, -0.25) is 0 Å². The number of carboxylic acids is 1. The van der Waals surface area contributed by atoms with Crippen molar-refractivity contribution in [2.45, 2.75) is 35.4 Å². The van der Waals surface area contributed by atoms with Gasteiger partial charge in [-0.05, 0) is 54.1 Å². The second-order valence-electron chi connectivity index (χ2n) is 5.83. The van der Waals surface area contributed by atoms with E-state index in [0.717, 1.165) is 12.8 Å². The van der Waals surface area contributed by atoms with Crippen LogP contribution in [-0.2, 0) is 10.0 Å². The summed E-state index contributed by atoms with van der Waals surface area (Å²) in [6.07, 6.45) is 3.29. The van der Waals surface area contributed by atoms with Crippen LogP contribution in [0.1, 0.15) is 30.3 Å². The van der Waals surface area contributed by atoms with Crippen molar-refractivity contribution in [3.05, 3.63) is 22.3 Å². The van der Waals surface area contributed by atoms with Gasteiger partial charge in [-0.15, -0.1) is 0 Å². The smallest absolute Gasteiger partial charge is 0.355 e. The van der Waals surface area contributed by atoms with Gasteiger partial charge < -0.3 is 5.11 Å². The summed E-state index contributed by atoms with van der Waals surface area (Å²) in [7, 11) is -3.76. The van der Waals surface area contributed by atoms with E-state index in [1.54, 1.807) is 6.26 Å². The minimum absolute atomic E-state index is 0.0157. The highest BCUT2D eigenvalue weighted by molar-refractivity contribution is 9.10. The van der Waals surface area contributed by atoms with Crippen LogP contribution in [0.25, 0.3) is 10.9 Å². The summed E-state index contributed by atoms with van der Waals surface area (Å²) in [5.74, 6) is -1.23. The van der Waals surface area contributed by atoms with Crippen LogP contribution in [0.3, 0.4) is 0 Å². The van der Waals surface area contributed by atoms with E-state index in [1.165, 1.54) is 23.9 Å². The molecule has 0 atom stereocenters. The van der Waals surface area contributed by atoms with Crippen LogP contribution in [0.2, 0.25) is 0 Å². The van der Waals surface area contributed by atoms with Crippen LogP contribution in [0.5, 0.6) is 0 Å². The van der Waals surface area contributed by atoms with Crippen LogP contribution in [-0.4, -0.2) is 41.3 Å². The van der Waals surface area contributed by atoms with Gasteiger partial charge in [-0.2, -0.15) is 0 Å². The van der Waals surface area contributed by atoms with Crippen LogP contribution in [0, 0.1) is 0 Å². The minimum atomic E-state index is -3.76. The molecule has 1 heterocycles. The molecule has 0 aliphatic heterocycles. The molecule has 0 radical (unpaired) electrons. The molecule has 1 aromatic carbocycles. The number of halogens is 1. The van der Waals surface area contributed by atoms with Gasteiger partial charge in [0.2, 0.25) is 10.0 Å². The Morgan fingerprint density at radius 1 is 1.38 bits per heavy atom. The van der Waals surface area contributed by atoms with Crippen molar-refractivity contribution in [3.8, 4) is 0 Å². The number of carbonyl (C=O) groups is 1. The molecule has 10 heteroatoms. The first kappa shape index (κ1) is 17.6. The molecule has 0 spiro atoms. The Labute approximate surface area is 151 Å². The van der Waals surface area contributed by atoms with Gasteiger partial charge in [-0.25, -0.2) is 27.9 Å². The summed E-state index contributed by atoms with van der Waals surface area (Å²) in [6.45, 7) is 1.83. The van der Waals surface area contributed by atoms with Crippen LogP contribution >= 0.6 is 27.7 Å². The van der Waals surface area contributed by atoms with Gasteiger partial charge >= 0.3 is 5.97 Å². The Morgan fingerprint density at radius 2 is 2.04 bits per heavy atom. The van der Waals surface area contributed by atoms with Gasteiger partial charge in [-0.1, -0.05) is 11.8 Å². The van der Waals surface area contributed by atoms with Crippen LogP contribution in [0.4, 0.5) is 0 Å². The third kappa shape index (κ3) is 3.28. The Kier molecular flexibility index (Phi) is 4.35. The molecule has 1 aliphatic carbocycles. The quantitative estimate of drug-likeness (QED) is 0.552. The number of nitrogens with one attached hydrogen (secondary N) is 1. The fourth-order valence-electron chi connectivity index (χ4n) is 2.23. The Bertz CT molecular complexity index is 958. The van der Waals surface area contributed by atoms with Crippen molar-refractivity contribution in [2.24, 2.45) is 0 Å². The molecule has 0 amide bonds. The van der Waals surface area contributed by atoms with Gasteiger partial charge in [0.25, 0.3) is 0 Å². The molecule has 1 fully saturated rings. The molecule has 128 valence electrons. The van der Waals surface area contributed by atoms with Crippen molar-refractivity contribution in [1.82, 2.24) is 14.7 Å². The molecule has 0 bridgehead atoms. The van der Waals surface area contributed by atoms with Crippen molar-refractivity contribution in [3.63, 3.8) is 0 Å². The normalized spacial score (nSPS) is 16.3. The number of carboxylic acid groups (broad SMARTS) is 1. The summed E-state index contributed by atoms with van der Waals surface area (Å²) in [6, 6.07) is 2.74. The molecule has 2 aromatic rings. The number of hydrogen-bond acceptors (Lipinski definition) is 6. The number of rotatable bonds is 5. The highest BCUT2D eigenvalue weighted by Crippen LogP contribution is 2.37. The highest BCUT2D eigenvalue weighted by Gasteiger charge is 2.41. The van der Waals surface area contributed by atoms with Gasteiger partial charge in [0, 0.05) is 15.4 Å². The van der Waals surface area contributed by atoms with Crippen molar-refractivity contribution in [1.29, 1.82) is 0 Å². The lowest BCUT2D eigenvalue weighted by atomic mass is 10.2. The Hall–Kier alpha value is -1.23. The highest BCUT2D eigenvalue weighted by atomic mass is 79.9. The van der Waals surface area contributed by atoms with E-state index in [1.807, 2.05) is 6.92 Å². The Balaban J connectivity index is 2.22. The fourth-order valence-corrected chi connectivity index (χ4v) is 4.81. The third-order valence-electron chi connectivity index (χ3n) is 3.78. The van der Waals surface area contributed by atoms with E-state index in [4.69, 9.17) is 0 Å². The maximum Gasteiger partial charge on any atom is 0.355 e. The SMILES string of the molecule is CSc1nc(C(=O)O)c2cc(S(=O)(=O)NC3(C)CC3)cc(Br)c2n1. The summed E-state index contributed by atoms with van der Waals surface area (Å²) < 4.78 is 28.2. The number of aromatic nitrogens is 2. The standard InChI is InChI=1S/C14H14BrN3O4S2/c1-14(3-4-14)18-24(21,22)7-5-8-10(9(15)6-7)16-13(23-2)17-11(8)12(19)20/h5-6,18H,3-4H2,1-2H3,(H,19,20). The number of nitrogens with zero attached hydrogens (tertiary/aromatic N) is 2. The van der Waals surface area contributed by atoms with E-state index in [2.05, 4.69) is 30.6 Å². The van der Waals surface area contributed by atoms with Gasteiger partial charge in [0.15, 0.2) is 10.9 Å². The van der Waals surface area contributed by atoms with Crippen molar-refractivity contribution >= 4 is 54.6 Å². The number of benzene rings is 1. The van der Waals surface area contributed by atoms with Crippen molar-refractivity contribution in [2.75, 3.05) is 6.26 Å². The molecule has 1 saturated carbocycles. The minimum Gasteiger partial charge on any atom is -0.476 e. The number of sulfonamides is 1. The molecule has 1 aromatic heterocycles. The largest absolute Gasteiger partial charge is 0.476 e. The Morgan fingerprint density at radius 3 is 2.58 bits per heavy atom. The number of hydrogen-bond donors (Lipinski definition) is 2. The molecule has 0 saturated heterocycles. The van der Waals surface area contributed by atoms with E-state index < -0.39 is 21.5 Å². The van der Waals surface area contributed by atoms with E-state index in [-0.39, 0.29) is 16.0 Å². The number of fused-ring (bicyclic) bond motifs is 1. The van der Waals surface area contributed by atoms with Crippen LogP contribution in [0.15, 0.2) is 26.7 Å². The first-order chi connectivity index (χ1) is 11.1. The average molecular weight is 432 g/mol. The molecule has 1 aliphatic rings. The number of thioether (sulfide) groups is 1. The molecule has 24 heavy (non-hydrogen) atoms. The zero-order valence-electron chi connectivity index (χ0n) is 12.8. The van der Waals surface area contributed by atoms with Gasteiger partial charge in [0.1, 0.15) is 0 Å².